The lowest BCUT2D eigenvalue weighted by atomic mass is 10.1. The third kappa shape index (κ3) is 5.13. The third-order valence-corrected chi connectivity index (χ3v) is 4.23. The summed E-state index contributed by atoms with van der Waals surface area (Å²) < 4.78 is 15.0. The molecule has 8 heteroatoms. The summed E-state index contributed by atoms with van der Waals surface area (Å²) in [5.41, 5.74) is 0.783. The number of phenolic OH excluding ortho intramolecular Hbond substituents is 1. The van der Waals surface area contributed by atoms with E-state index in [1.807, 2.05) is 30.3 Å². The molecule has 0 spiro atoms. The Bertz CT molecular complexity index is 1080. The minimum Gasteiger partial charge on any atom is -0.508 e. The van der Waals surface area contributed by atoms with Gasteiger partial charge in [-0.2, -0.15) is 0 Å². The van der Waals surface area contributed by atoms with Crippen LogP contribution in [-0.2, 0) is 27.3 Å². The SMILES string of the molecule is COC(=O)[C@H](Cc1ccccc1)NC(=O)OCc1cc(=O)oc2cc(O)ccc12. The molecule has 0 bridgehead atoms. The summed E-state index contributed by atoms with van der Waals surface area (Å²) in [6, 6.07) is 13.7. The smallest absolute Gasteiger partial charge is 0.408 e. The Morgan fingerprint density at radius 2 is 1.90 bits per heavy atom. The van der Waals surface area contributed by atoms with E-state index in [1.165, 1.54) is 25.3 Å². The van der Waals surface area contributed by atoms with Crippen molar-refractivity contribution in [2.45, 2.75) is 19.1 Å². The first-order chi connectivity index (χ1) is 14.0. The fourth-order valence-electron chi connectivity index (χ4n) is 2.85. The number of methoxy groups -OCH3 is 1. The van der Waals surface area contributed by atoms with Crippen molar-refractivity contribution in [1.82, 2.24) is 5.32 Å². The zero-order valence-electron chi connectivity index (χ0n) is 15.6. The molecule has 1 aromatic heterocycles. The van der Waals surface area contributed by atoms with Crippen molar-refractivity contribution in [2.24, 2.45) is 0 Å². The number of hydrogen-bond donors (Lipinski definition) is 2. The van der Waals surface area contributed by atoms with Crippen molar-refractivity contribution in [2.75, 3.05) is 7.11 Å². The van der Waals surface area contributed by atoms with Crippen LogP contribution in [0.25, 0.3) is 11.0 Å². The summed E-state index contributed by atoms with van der Waals surface area (Å²) in [7, 11) is 1.23. The lowest BCUT2D eigenvalue weighted by Gasteiger charge is -2.16. The average Bonchev–Trinajstić information content (AvgIpc) is 2.71. The lowest BCUT2D eigenvalue weighted by molar-refractivity contribution is -0.143. The van der Waals surface area contributed by atoms with Crippen LogP contribution in [-0.4, -0.2) is 30.3 Å². The number of alkyl carbamates (subject to hydrolysis) is 1. The zero-order chi connectivity index (χ0) is 20.8. The van der Waals surface area contributed by atoms with E-state index >= 15 is 0 Å². The fourth-order valence-corrected chi connectivity index (χ4v) is 2.85. The van der Waals surface area contributed by atoms with E-state index in [-0.39, 0.29) is 24.4 Å². The highest BCUT2D eigenvalue weighted by molar-refractivity contribution is 5.83. The summed E-state index contributed by atoms with van der Waals surface area (Å²) in [6.45, 7) is -0.224. The molecule has 3 rings (SSSR count). The second-order valence-electron chi connectivity index (χ2n) is 6.26. The highest BCUT2D eigenvalue weighted by Gasteiger charge is 2.23. The maximum Gasteiger partial charge on any atom is 0.408 e. The molecule has 1 atom stereocenters. The highest BCUT2D eigenvalue weighted by atomic mass is 16.6. The van der Waals surface area contributed by atoms with Gasteiger partial charge in [-0.25, -0.2) is 14.4 Å². The maximum absolute atomic E-state index is 12.2. The van der Waals surface area contributed by atoms with Crippen molar-refractivity contribution in [3.63, 3.8) is 0 Å². The van der Waals surface area contributed by atoms with Crippen LogP contribution in [0.15, 0.2) is 63.8 Å². The fraction of sp³-hybridized carbons (Fsp3) is 0.190. The van der Waals surface area contributed by atoms with Crippen LogP contribution in [0.5, 0.6) is 5.75 Å². The van der Waals surface area contributed by atoms with Crippen LogP contribution in [0, 0.1) is 0 Å². The normalized spacial score (nSPS) is 11.6. The van der Waals surface area contributed by atoms with Crippen LogP contribution in [0.2, 0.25) is 0 Å². The second kappa shape index (κ2) is 8.92. The van der Waals surface area contributed by atoms with Crippen LogP contribution in [0.1, 0.15) is 11.1 Å². The molecule has 0 saturated carbocycles. The Kier molecular flexibility index (Phi) is 6.13. The number of hydrogen-bond acceptors (Lipinski definition) is 7. The molecule has 2 N–H and O–H groups in total. The van der Waals surface area contributed by atoms with Gasteiger partial charge in [0.1, 0.15) is 24.0 Å². The molecule has 0 aliphatic heterocycles. The largest absolute Gasteiger partial charge is 0.508 e. The quantitative estimate of drug-likeness (QED) is 0.485. The van der Waals surface area contributed by atoms with Gasteiger partial charge in [0.2, 0.25) is 0 Å². The number of aromatic hydroxyl groups is 1. The standard InChI is InChI=1S/C21H19NO7/c1-27-20(25)17(9-13-5-3-2-4-6-13)22-21(26)28-12-14-10-19(24)29-18-11-15(23)7-8-16(14)18/h2-8,10-11,17,23H,9,12H2,1H3,(H,22,26)/t17-/m0/s1. The van der Waals surface area contributed by atoms with Gasteiger partial charge in [-0.1, -0.05) is 30.3 Å². The number of carbonyl (C=O) groups is 2. The minimum absolute atomic E-state index is 0.0571. The Morgan fingerprint density at radius 3 is 2.62 bits per heavy atom. The van der Waals surface area contributed by atoms with Crippen molar-refractivity contribution in [3.8, 4) is 5.75 Å². The first-order valence-electron chi connectivity index (χ1n) is 8.77. The van der Waals surface area contributed by atoms with Crippen molar-refractivity contribution in [3.05, 3.63) is 76.1 Å². The molecule has 3 aromatic rings. The van der Waals surface area contributed by atoms with E-state index in [0.717, 1.165) is 5.56 Å². The number of rotatable bonds is 6. The minimum atomic E-state index is -0.926. The molecule has 150 valence electrons. The van der Waals surface area contributed by atoms with Crippen molar-refractivity contribution in [1.29, 1.82) is 0 Å². The van der Waals surface area contributed by atoms with E-state index < -0.39 is 23.7 Å². The van der Waals surface area contributed by atoms with Crippen molar-refractivity contribution < 1.29 is 28.6 Å². The molecule has 2 aromatic carbocycles. The summed E-state index contributed by atoms with van der Waals surface area (Å²) in [6.07, 6.45) is -0.601. The number of nitrogens with one attached hydrogen (secondary N) is 1. The molecule has 0 saturated heterocycles. The first kappa shape index (κ1) is 19.9. The van der Waals surface area contributed by atoms with Crippen LogP contribution >= 0.6 is 0 Å². The molecule has 0 radical (unpaired) electrons. The third-order valence-electron chi connectivity index (χ3n) is 4.23. The molecule has 0 fully saturated rings. The summed E-state index contributed by atoms with van der Waals surface area (Å²) in [4.78, 5) is 35.9. The predicted octanol–water partition coefficient (Wildman–Crippen LogP) is 2.51. The molecule has 8 nitrogen and oxygen atoms in total. The monoisotopic (exact) mass is 397 g/mol. The predicted molar refractivity (Wildman–Crippen MR) is 103 cm³/mol. The van der Waals surface area contributed by atoms with Gasteiger partial charge in [-0.05, 0) is 17.7 Å². The van der Waals surface area contributed by atoms with E-state index in [4.69, 9.17) is 13.9 Å². The number of carbonyl (C=O) groups excluding carboxylic acids is 2. The van der Waals surface area contributed by atoms with Crippen LogP contribution < -0.4 is 10.9 Å². The maximum atomic E-state index is 12.2. The number of phenols is 1. The molecular formula is C21H19NO7. The van der Waals surface area contributed by atoms with Gasteiger partial charge in [-0.3, -0.25) is 0 Å². The Hall–Kier alpha value is -3.81. The molecule has 0 aliphatic rings. The number of ether oxygens (including phenoxy) is 2. The van der Waals surface area contributed by atoms with Crippen LogP contribution in [0.4, 0.5) is 4.79 Å². The number of esters is 1. The number of benzene rings is 2. The van der Waals surface area contributed by atoms with Gasteiger partial charge in [0.05, 0.1) is 7.11 Å². The topological polar surface area (TPSA) is 115 Å². The summed E-state index contributed by atoms with van der Waals surface area (Å²) in [5.74, 6) is -0.662. The molecule has 0 aliphatic carbocycles. The molecule has 0 unspecified atom stereocenters. The molecule has 1 heterocycles. The van der Waals surface area contributed by atoms with E-state index in [9.17, 15) is 19.5 Å². The van der Waals surface area contributed by atoms with Gasteiger partial charge >= 0.3 is 17.7 Å². The molecular weight excluding hydrogens is 378 g/mol. The summed E-state index contributed by atoms with van der Waals surface area (Å²) in [5, 5.41) is 12.5. The first-order valence-corrected chi connectivity index (χ1v) is 8.77. The Labute approximate surface area is 165 Å². The number of amides is 1. The molecule has 29 heavy (non-hydrogen) atoms. The molecule has 1 amide bonds. The van der Waals surface area contributed by atoms with E-state index in [0.29, 0.717) is 10.9 Å². The Morgan fingerprint density at radius 1 is 1.14 bits per heavy atom. The van der Waals surface area contributed by atoms with Gasteiger partial charge in [-0.15, -0.1) is 0 Å². The van der Waals surface area contributed by atoms with Gasteiger partial charge < -0.3 is 24.3 Å². The zero-order valence-corrected chi connectivity index (χ0v) is 15.6. The van der Waals surface area contributed by atoms with Gasteiger partial charge in [0, 0.05) is 29.5 Å². The highest BCUT2D eigenvalue weighted by Crippen LogP contribution is 2.22. The summed E-state index contributed by atoms with van der Waals surface area (Å²) >= 11 is 0. The lowest BCUT2D eigenvalue weighted by Crippen LogP contribution is -2.43. The second-order valence-corrected chi connectivity index (χ2v) is 6.26. The van der Waals surface area contributed by atoms with E-state index in [2.05, 4.69) is 5.32 Å². The van der Waals surface area contributed by atoms with E-state index in [1.54, 1.807) is 6.07 Å². The van der Waals surface area contributed by atoms with Gasteiger partial charge in [0.25, 0.3) is 0 Å². The van der Waals surface area contributed by atoms with Gasteiger partial charge in [0.15, 0.2) is 0 Å². The number of fused-ring (bicyclic) bond motifs is 1. The average molecular weight is 397 g/mol. The van der Waals surface area contributed by atoms with Crippen LogP contribution in [0.3, 0.4) is 0 Å². The van der Waals surface area contributed by atoms with Crippen molar-refractivity contribution >= 4 is 23.0 Å². The Balaban J connectivity index is 1.70.